The zero-order chi connectivity index (χ0) is 10.3. The molecular formula is C10H12N2O2. The molecule has 1 heterocycles. The van der Waals surface area contributed by atoms with E-state index in [1.165, 1.54) is 4.74 Å². The van der Waals surface area contributed by atoms with Crippen LogP contribution in [0, 0.1) is 0 Å². The van der Waals surface area contributed by atoms with E-state index >= 15 is 0 Å². The van der Waals surface area contributed by atoms with Gasteiger partial charge in [-0.15, -0.1) is 0 Å². The SMILES string of the molecule is CC(N)c1ccc2c(c1)c(=O)on2C. The van der Waals surface area contributed by atoms with Gasteiger partial charge in [0.25, 0.3) is 0 Å². The number of aryl methyl sites for hydroxylation is 1. The third-order valence-corrected chi connectivity index (χ3v) is 2.33. The summed E-state index contributed by atoms with van der Waals surface area (Å²) >= 11 is 0. The van der Waals surface area contributed by atoms with Gasteiger partial charge in [-0.2, -0.15) is 0 Å². The number of nitrogens with zero attached hydrogens (tertiary/aromatic N) is 1. The van der Waals surface area contributed by atoms with Crippen molar-refractivity contribution in [3.8, 4) is 0 Å². The van der Waals surface area contributed by atoms with Crippen molar-refractivity contribution in [2.75, 3.05) is 0 Å². The molecule has 0 amide bonds. The van der Waals surface area contributed by atoms with Crippen molar-refractivity contribution in [2.45, 2.75) is 13.0 Å². The second-order valence-corrected chi connectivity index (χ2v) is 3.44. The molecule has 1 atom stereocenters. The van der Waals surface area contributed by atoms with Crippen LogP contribution in [-0.4, -0.2) is 4.74 Å². The van der Waals surface area contributed by atoms with Crippen molar-refractivity contribution in [1.82, 2.24) is 4.74 Å². The third kappa shape index (κ3) is 1.24. The molecule has 1 aromatic heterocycles. The van der Waals surface area contributed by atoms with Crippen LogP contribution in [0.25, 0.3) is 10.9 Å². The fraction of sp³-hybridized carbons (Fsp3) is 0.300. The van der Waals surface area contributed by atoms with E-state index in [0.29, 0.717) is 5.39 Å². The van der Waals surface area contributed by atoms with Crippen LogP contribution in [0.3, 0.4) is 0 Å². The molecule has 0 saturated carbocycles. The summed E-state index contributed by atoms with van der Waals surface area (Å²) in [6.07, 6.45) is 0. The van der Waals surface area contributed by atoms with Crippen LogP contribution >= 0.6 is 0 Å². The summed E-state index contributed by atoms with van der Waals surface area (Å²) in [5.41, 5.74) is 7.14. The standard InChI is InChI=1S/C10H12N2O2/c1-6(11)7-3-4-9-8(5-7)10(13)14-12(9)2/h3-6H,11H2,1-2H3. The minimum Gasteiger partial charge on any atom is -0.336 e. The Hall–Kier alpha value is -1.55. The van der Waals surface area contributed by atoms with Gasteiger partial charge in [0, 0.05) is 13.1 Å². The zero-order valence-electron chi connectivity index (χ0n) is 8.15. The number of aromatic nitrogens is 1. The molecule has 0 bridgehead atoms. The highest BCUT2D eigenvalue weighted by Gasteiger charge is 2.08. The fourth-order valence-electron chi connectivity index (χ4n) is 1.50. The minimum absolute atomic E-state index is 0.0704. The maximum absolute atomic E-state index is 11.3. The summed E-state index contributed by atoms with van der Waals surface area (Å²) in [6.45, 7) is 1.88. The molecule has 2 aromatic rings. The van der Waals surface area contributed by atoms with E-state index < -0.39 is 0 Å². The maximum Gasteiger partial charge on any atom is 0.365 e. The van der Waals surface area contributed by atoms with E-state index in [2.05, 4.69) is 0 Å². The van der Waals surface area contributed by atoms with Crippen molar-refractivity contribution in [1.29, 1.82) is 0 Å². The van der Waals surface area contributed by atoms with Crippen molar-refractivity contribution >= 4 is 10.9 Å². The molecule has 4 heteroatoms. The lowest BCUT2D eigenvalue weighted by atomic mass is 10.1. The topological polar surface area (TPSA) is 61.2 Å². The largest absolute Gasteiger partial charge is 0.365 e. The van der Waals surface area contributed by atoms with E-state index in [9.17, 15) is 4.79 Å². The molecule has 0 aliphatic carbocycles. The molecule has 2 N–H and O–H groups in total. The van der Waals surface area contributed by atoms with Crippen molar-refractivity contribution < 1.29 is 4.52 Å². The molecule has 4 nitrogen and oxygen atoms in total. The lowest BCUT2D eigenvalue weighted by Gasteiger charge is -2.03. The van der Waals surface area contributed by atoms with E-state index in [4.69, 9.17) is 10.3 Å². The Morgan fingerprint density at radius 2 is 2.21 bits per heavy atom. The predicted octanol–water partition coefficient (Wildman–Crippen LogP) is 1.15. The van der Waals surface area contributed by atoms with Gasteiger partial charge in [0.15, 0.2) is 0 Å². The lowest BCUT2D eigenvalue weighted by molar-refractivity contribution is 0.296. The second kappa shape index (κ2) is 2.99. The first-order valence-electron chi connectivity index (χ1n) is 4.45. The van der Waals surface area contributed by atoms with Gasteiger partial charge < -0.3 is 10.3 Å². The summed E-state index contributed by atoms with van der Waals surface area (Å²) in [5.74, 6) is 0. The van der Waals surface area contributed by atoms with Gasteiger partial charge >= 0.3 is 5.63 Å². The van der Waals surface area contributed by atoms with Gasteiger partial charge in [-0.25, -0.2) is 9.53 Å². The summed E-state index contributed by atoms with van der Waals surface area (Å²) < 4.78 is 6.38. The van der Waals surface area contributed by atoms with Crippen molar-refractivity contribution in [3.05, 3.63) is 34.2 Å². The van der Waals surface area contributed by atoms with Gasteiger partial charge in [0.05, 0.1) is 10.9 Å². The summed E-state index contributed by atoms with van der Waals surface area (Å²) in [6, 6.07) is 5.46. The highest BCUT2D eigenvalue weighted by molar-refractivity contribution is 5.78. The lowest BCUT2D eigenvalue weighted by Crippen LogP contribution is -2.05. The summed E-state index contributed by atoms with van der Waals surface area (Å²) in [4.78, 5) is 11.3. The molecule has 74 valence electrons. The highest BCUT2D eigenvalue weighted by atomic mass is 16.5. The van der Waals surface area contributed by atoms with Crippen molar-refractivity contribution in [2.24, 2.45) is 12.8 Å². The monoisotopic (exact) mass is 192 g/mol. The first-order valence-corrected chi connectivity index (χ1v) is 4.45. The van der Waals surface area contributed by atoms with E-state index in [1.54, 1.807) is 13.1 Å². The van der Waals surface area contributed by atoms with Crippen LogP contribution in [0.15, 0.2) is 27.5 Å². The Labute approximate surface area is 80.9 Å². The number of rotatable bonds is 1. The van der Waals surface area contributed by atoms with E-state index in [1.807, 2.05) is 19.1 Å². The molecule has 1 unspecified atom stereocenters. The smallest absolute Gasteiger partial charge is 0.336 e. The molecule has 0 saturated heterocycles. The van der Waals surface area contributed by atoms with Crippen LogP contribution in [0.1, 0.15) is 18.5 Å². The Kier molecular flexibility index (Phi) is 1.93. The quantitative estimate of drug-likeness (QED) is 0.737. The number of hydrogen-bond donors (Lipinski definition) is 1. The average Bonchev–Trinajstić information content (AvgIpc) is 2.42. The van der Waals surface area contributed by atoms with Gasteiger partial charge in [0.2, 0.25) is 0 Å². The number of fused-ring (bicyclic) bond motifs is 1. The van der Waals surface area contributed by atoms with Crippen LogP contribution < -0.4 is 11.4 Å². The normalized spacial score (nSPS) is 13.4. The number of benzene rings is 1. The Morgan fingerprint density at radius 1 is 1.50 bits per heavy atom. The van der Waals surface area contributed by atoms with Crippen LogP contribution in [0.4, 0.5) is 0 Å². The number of hydrogen-bond acceptors (Lipinski definition) is 3. The Morgan fingerprint density at radius 3 is 2.86 bits per heavy atom. The summed E-state index contributed by atoms with van der Waals surface area (Å²) in [7, 11) is 1.70. The molecule has 0 fully saturated rings. The van der Waals surface area contributed by atoms with Crippen molar-refractivity contribution in [3.63, 3.8) is 0 Å². The van der Waals surface area contributed by atoms with Gasteiger partial charge in [-0.3, -0.25) is 0 Å². The molecular weight excluding hydrogens is 180 g/mol. The molecule has 14 heavy (non-hydrogen) atoms. The Balaban J connectivity index is 2.77. The van der Waals surface area contributed by atoms with Crippen LogP contribution in [-0.2, 0) is 7.05 Å². The third-order valence-electron chi connectivity index (χ3n) is 2.33. The predicted molar refractivity (Wildman–Crippen MR) is 54.1 cm³/mol. The average molecular weight is 192 g/mol. The van der Waals surface area contributed by atoms with Crippen LogP contribution in [0.5, 0.6) is 0 Å². The van der Waals surface area contributed by atoms with E-state index in [0.717, 1.165) is 11.1 Å². The molecule has 0 radical (unpaired) electrons. The molecule has 0 aliphatic rings. The van der Waals surface area contributed by atoms with Gasteiger partial charge in [-0.05, 0) is 24.6 Å². The molecule has 2 rings (SSSR count). The van der Waals surface area contributed by atoms with E-state index in [-0.39, 0.29) is 11.7 Å². The first-order chi connectivity index (χ1) is 6.59. The molecule has 0 spiro atoms. The van der Waals surface area contributed by atoms with Gasteiger partial charge in [-0.1, -0.05) is 6.07 Å². The summed E-state index contributed by atoms with van der Waals surface area (Å²) in [5, 5.41) is 0.585. The Bertz CT molecular complexity index is 522. The fourth-order valence-corrected chi connectivity index (χ4v) is 1.50. The second-order valence-electron chi connectivity index (χ2n) is 3.44. The van der Waals surface area contributed by atoms with Crippen LogP contribution in [0.2, 0.25) is 0 Å². The number of nitrogens with two attached hydrogens (primary N) is 1. The zero-order valence-corrected chi connectivity index (χ0v) is 8.15. The first kappa shape index (κ1) is 9.02. The molecule has 0 aliphatic heterocycles. The highest BCUT2D eigenvalue weighted by Crippen LogP contribution is 2.16. The maximum atomic E-state index is 11.3. The molecule has 1 aromatic carbocycles. The minimum atomic E-state index is -0.315. The van der Waals surface area contributed by atoms with Gasteiger partial charge in [0.1, 0.15) is 0 Å².